The van der Waals surface area contributed by atoms with E-state index in [-0.39, 0.29) is 5.78 Å². The second-order valence-corrected chi connectivity index (χ2v) is 11.2. The number of ketones is 1. The van der Waals surface area contributed by atoms with E-state index >= 15 is 0 Å². The molecule has 1 aliphatic heterocycles. The predicted molar refractivity (Wildman–Crippen MR) is 129 cm³/mol. The summed E-state index contributed by atoms with van der Waals surface area (Å²) in [6.45, 7) is 12.4. The third-order valence-corrected chi connectivity index (χ3v) is 8.83. The number of aryl methyl sites for hydroxylation is 3. The van der Waals surface area contributed by atoms with Crippen LogP contribution in [0.5, 0.6) is 5.75 Å². The van der Waals surface area contributed by atoms with Crippen LogP contribution >= 0.6 is 0 Å². The summed E-state index contributed by atoms with van der Waals surface area (Å²) in [7, 11) is -3.60. The molecule has 1 aliphatic carbocycles. The van der Waals surface area contributed by atoms with E-state index in [0.29, 0.717) is 55.8 Å². The van der Waals surface area contributed by atoms with Crippen LogP contribution in [0.3, 0.4) is 0 Å². The Kier molecular flexibility index (Phi) is 6.71. The molecule has 0 atom stereocenters. The Balaban J connectivity index is 1.41. The van der Waals surface area contributed by atoms with Crippen LogP contribution in [-0.2, 0) is 10.0 Å². The number of carbonyl (C=O) groups excluding carboxylic acids is 1. The summed E-state index contributed by atoms with van der Waals surface area (Å²) < 4.78 is 36.1. The van der Waals surface area contributed by atoms with Crippen LogP contribution in [0.15, 0.2) is 23.1 Å². The maximum absolute atomic E-state index is 13.3. The molecular formula is C25H35N3O4S. The first-order valence-electron chi connectivity index (χ1n) is 11.8. The number of hydrogen-bond acceptors (Lipinski definition) is 5. The fourth-order valence-electron chi connectivity index (χ4n) is 4.86. The third kappa shape index (κ3) is 4.74. The highest BCUT2D eigenvalue weighted by atomic mass is 32.2. The quantitative estimate of drug-likeness (QED) is 0.548. The van der Waals surface area contributed by atoms with E-state index < -0.39 is 10.0 Å². The van der Waals surface area contributed by atoms with Gasteiger partial charge < -0.3 is 9.30 Å². The fourth-order valence-corrected chi connectivity index (χ4v) is 6.58. The lowest BCUT2D eigenvalue weighted by Gasteiger charge is -2.34. The molecule has 0 spiro atoms. The summed E-state index contributed by atoms with van der Waals surface area (Å²) in [5, 5.41) is 0. The van der Waals surface area contributed by atoms with Crippen molar-refractivity contribution in [3.63, 3.8) is 0 Å². The number of carbonyl (C=O) groups is 1. The SMILES string of the molecule is CCOc1cc(C)c(S(=O)(=O)N2CCN(CC(=O)c3cc(C)n(C4CC4)c3C)CC2)cc1C. The molecule has 1 saturated carbocycles. The fraction of sp³-hybridized carbons (Fsp3) is 0.560. The molecule has 1 saturated heterocycles. The standard InChI is InChI=1S/C25H35N3O4S/c1-6-32-24-13-18(3)25(14-17(24)2)33(30,31)27-11-9-26(10-12-27)16-23(29)22-15-19(4)28(20(22)5)21-7-8-21/h13-15,21H,6-12,16H2,1-5H3. The van der Waals surface area contributed by atoms with Gasteiger partial charge in [-0.3, -0.25) is 9.69 Å². The summed E-state index contributed by atoms with van der Waals surface area (Å²) in [6.07, 6.45) is 2.38. The van der Waals surface area contributed by atoms with Crippen molar-refractivity contribution < 1.29 is 17.9 Å². The molecule has 2 aliphatic rings. The maximum Gasteiger partial charge on any atom is 0.243 e. The lowest BCUT2D eigenvalue weighted by Crippen LogP contribution is -2.49. The minimum atomic E-state index is -3.60. The van der Waals surface area contributed by atoms with E-state index in [0.717, 1.165) is 28.3 Å². The number of benzene rings is 1. The first-order chi connectivity index (χ1) is 15.6. The van der Waals surface area contributed by atoms with Crippen molar-refractivity contribution in [1.29, 1.82) is 0 Å². The highest BCUT2D eigenvalue weighted by Crippen LogP contribution is 2.38. The number of piperazine rings is 1. The molecule has 2 aromatic rings. The van der Waals surface area contributed by atoms with Gasteiger partial charge in [0.1, 0.15) is 5.75 Å². The molecule has 1 aromatic heterocycles. The summed E-state index contributed by atoms with van der Waals surface area (Å²) in [6, 6.07) is 6.07. The van der Waals surface area contributed by atoms with E-state index in [1.807, 2.05) is 33.8 Å². The minimum absolute atomic E-state index is 0.115. The van der Waals surface area contributed by atoms with Crippen LogP contribution in [0, 0.1) is 27.7 Å². The van der Waals surface area contributed by atoms with E-state index in [9.17, 15) is 13.2 Å². The average Bonchev–Trinajstić information content (AvgIpc) is 3.55. The molecule has 8 heteroatoms. The third-order valence-electron chi connectivity index (χ3n) is 6.79. The molecule has 2 heterocycles. The van der Waals surface area contributed by atoms with Crippen molar-refractivity contribution in [1.82, 2.24) is 13.8 Å². The lowest BCUT2D eigenvalue weighted by atomic mass is 10.1. The number of sulfonamides is 1. The Hall–Kier alpha value is -2.16. The van der Waals surface area contributed by atoms with Gasteiger partial charge in [-0.15, -0.1) is 0 Å². The van der Waals surface area contributed by atoms with Crippen molar-refractivity contribution >= 4 is 15.8 Å². The van der Waals surface area contributed by atoms with Gasteiger partial charge in [-0.25, -0.2) is 8.42 Å². The Bertz CT molecular complexity index is 1160. The number of nitrogens with zero attached hydrogens (tertiary/aromatic N) is 3. The minimum Gasteiger partial charge on any atom is -0.494 e. The first kappa shape index (κ1) is 24.0. The number of hydrogen-bond donors (Lipinski definition) is 0. The van der Waals surface area contributed by atoms with Crippen molar-refractivity contribution in [3.8, 4) is 5.75 Å². The molecule has 0 bridgehead atoms. The summed E-state index contributed by atoms with van der Waals surface area (Å²) in [4.78, 5) is 15.4. The molecule has 1 aromatic carbocycles. The van der Waals surface area contributed by atoms with Gasteiger partial charge in [0.05, 0.1) is 18.0 Å². The van der Waals surface area contributed by atoms with Crippen LogP contribution in [0.1, 0.15) is 58.7 Å². The van der Waals surface area contributed by atoms with E-state index in [2.05, 4.69) is 16.4 Å². The Morgan fingerprint density at radius 2 is 1.67 bits per heavy atom. The smallest absolute Gasteiger partial charge is 0.243 e. The van der Waals surface area contributed by atoms with Crippen molar-refractivity contribution in [2.75, 3.05) is 39.3 Å². The van der Waals surface area contributed by atoms with Crippen LogP contribution in [-0.4, -0.2) is 67.3 Å². The van der Waals surface area contributed by atoms with Gasteiger partial charge in [-0.2, -0.15) is 4.31 Å². The van der Waals surface area contributed by atoms with Crippen LogP contribution < -0.4 is 4.74 Å². The zero-order valence-corrected chi connectivity index (χ0v) is 21.2. The zero-order chi connectivity index (χ0) is 23.9. The average molecular weight is 474 g/mol. The first-order valence-corrected chi connectivity index (χ1v) is 13.3. The van der Waals surface area contributed by atoms with E-state index in [1.54, 1.807) is 12.1 Å². The molecule has 0 unspecified atom stereocenters. The van der Waals surface area contributed by atoms with E-state index in [1.165, 1.54) is 17.1 Å². The number of Topliss-reactive ketones (excluding diaryl/α,β-unsaturated/α-hetero) is 1. The molecular weight excluding hydrogens is 438 g/mol. The van der Waals surface area contributed by atoms with Gasteiger partial charge in [0, 0.05) is 49.2 Å². The lowest BCUT2D eigenvalue weighted by molar-refractivity contribution is 0.0901. The highest BCUT2D eigenvalue weighted by molar-refractivity contribution is 7.89. The van der Waals surface area contributed by atoms with Crippen LogP contribution in [0.25, 0.3) is 0 Å². The van der Waals surface area contributed by atoms with Crippen LogP contribution in [0.2, 0.25) is 0 Å². The van der Waals surface area contributed by atoms with E-state index in [4.69, 9.17) is 4.74 Å². The second kappa shape index (κ2) is 9.24. The predicted octanol–water partition coefficient (Wildman–Crippen LogP) is 3.64. The summed E-state index contributed by atoms with van der Waals surface area (Å²) >= 11 is 0. The number of aromatic nitrogens is 1. The second-order valence-electron chi connectivity index (χ2n) is 9.31. The molecule has 33 heavy (non-hydrogen) atoms. The molecule has 180 valence electrons. The van der Waals surface area contributed by atoms with Gasteiger partial charge in [0.2, 0.25) is 10.0 Å². The topological polar surface area (TPSA) is 71.9 Å². The maximum atomic E-state index is 13.3. The molecule has 0 amide bonds. The number of rotatable bonds is 8. The molecule has 4 rings (SSSR count). The van der Waals surface area contributed by atoms with Gasteiger partial charge in [0.25, 0.3) is 0 Å². The van der Waals surface area contributed by atoms with Crippen molar-refractivity contribution in [3.05, 3.63) is 46.3 Å². The zero-order valence-electron chi connectivity index (χ0n) is 20.3. The van der Waals surface area contributed by atoms with Crippen LogP contribution in [0.4, 0.5) is 0 Å². The molecule has 0 radical (unpaired) electrons. The number of ether oxygens (including phenoxy) is 1. The van der Waals surface area contributed by atoms with Gasteiger partial charge in [-0.05, 0) is 76.8 Å². The van der Waals surface area contributed by atoms with Gasteiger partial charge in [-0.1, -0.05) is 0 Å². The normalized spacial score (nSPS) is 18.0. The Morgan fingerprint density at radius 3 is 2.27 bits per heavy atom. The molecule has 0 N–H and O–H groups in total. The molecule has 7 nitrogen and oxygen atoms in total. The van der Waals surface area contributed by atoms with Gasteiger partial charge in [0.15, 0.2) is 5.78 Å². The Labute approximate surface area is 197 Å². The summed E-state index contributed by atoms with van der Waals surface area (Å²) in [5.41, 5.74) is 4.51. The Morgan fingerprint density at radius 1 is 1.00 bits per heavy atom. The van der Waals surface area contributed by atoms with Crippen molar-refractivity contribution in [2.24, 2.45) is 0 Å². The van der Waals surface area contributed by atoms with Gasteiger partial charge >= 0.3 is 0 Å². The van der Waals surface area contributed by atoms with Crippen molar-refractivity contribution in [2.45, 2.75) is 58.4 Å². The molecule has 2 fully saturated rings. The monoisotopic (exact) mass is 473 g/mol. The largest absolute Gasteiger partial charge is 0.494 e. The summed E-state index contributed by atoms with van der Waals surface area (Å²) in [5.74, 6) is 0.836. The highest BCUT2D eigenvalue weighted by Gasteiger charge is 2.32.